The molecule has 1 saturated heterocycles. The molecule has 1 aliphatic carbocycles. The molecule has 0 unspecified atom stereocenters. The van der Waals surface area contributed by atoms with Crippen LogP contribution in [0.15, 0.2) is 23.2 Å². The first-order valence-corrected chi connectivity index (χ1v) is 7.68. The van der Waals surface area contributed by atoms with E-state index in [2.05, 4.69) is 17.1 Å². The van der Waals surface area contributed by atoms with Gasteiger partial charge in [-0.05, 0) is 11.6 Å². The van der Waals surface area contributed by atoms with Crippen molar-refractivity contribution in [3.8, 4) is 12.1 Å². The van der Waals surface area contributed by atoms with E-state index in [1.54, 1.807) is 0 Å². The summed E-state index contributed by atoms with van der Waals surface area (Å²) in [7, 11) is 0. The number of nitro groups is 1. The maximum atomic E-state index is 11.2. The molecule has 1 saturated carbocycles. The third-order valence-electron chi connectivity index (χ3n) is 5.11. The number of fused-ring (bicyclic) bond motifs is 2. The Kier molecular flexibility index (Phi) is 2.95. The number of nitrogens with zero attached hydrogens (tertiary/aromatic N) is 4. The first-order valence-electron chi connectivity index (χ1n) is 7.30. The van der Waals surface area contributed by atoms with Crippen molar-refractivity contribution in [3.63, 3.8) is 0 Å². The van der Waals surface area contributed by atoms with Gasteiger partial charge in [0.1, 0.15) is 16.3 Å². The average molecular weight is 360 g/mol. The molecule has 10 heteroatoms. The normalized spacial score (nSPS) is 34.0. The second-order valence-corrected chi connectivity index (χ2v) is 6.42. The van der Waals surface area contributed by atoms with Gasteiger partial charge in [0.25, 0.3) is 11.6 Å². The van der Waals surface area contributed by atoms with Crippen molar-refractivity contribution >= 4 is 23.1 Å². The van der Waals surface area contributed by atoms with Crippen molar-refractivity contribution < 1.29 is 14.4 Å². The van der Waals surface area contributed by atoms with Crippen molar-refractivity contribution in [3.05, 3.63) is 38.9 Å². The molecule has 0 radical (unpaired) electrons. The number of nitrogens with two attached hydrogens (primary N) is 1. The molecule has 2 aliphatic heterocycles. The lowest BCUT2D eigenvalue weighted by Gasteiger charge is -2.25. The molecule has 2 N–H and O–H groups in total. The molecular weight excluding hydrogens is 350 g/mol. The largest absolute Gasteiger partial charge is 0.386 e. The summed E-state index contributed by atoms with van der Waals surface area (Å²) >= 11 is 5.85. The van der Waals surface area contributed by atoms with Crippen LogP contribution in [0.25, 0.3) is 0 Å². The monoisotopic (exact) mass is 359 g/mol. The van der Waals surface area contributed by atoms with E-state index < -0.39 is 27.6 Å². The Labute approximate surface area is 146 Å². The van der Waals surface area contributed by atoms with Gasteiger partial charge in [-0.15, -0.1) is 0 Å². The molecule has 4 rings (SSSR count). The minimum absolute atomic E-state index is 0.0405. The molecule has 0 amide bonds. The number of nitro benzene ring substituents is 1. The molecule has 3 atom stereocenters. The lowest BCUT2D eigenvalue weighted by molar-refractivity contribution is -0.384. The molecule has 126 valence electrons. The number of benzene rings is 1. The highest BCUT2D eigenvalue weighted by atomic mass is 35.5. The molecule has 9 nitrogen and oxygen atoms in total. The third-order valence-corrected chi connectivity index (χ3v) is 5.43. The van der Waals surface area contributed by atoms with Gasteiger partial charge in [0.15, 0.2) is 5.41 Å². The predicted molar refractivity (Wildman–Crippen MR) is 83.2 cm³/mol. The van der Waals surface area contributed by atoms with Crippen LogP contribution in [0, 0.1) is 43.6 Å². The van der Waals surface area contributed by atoms with E-state index in [-0.39, 0.29) is 29.8 Å². The molecule has 1 aromatic rings. The summed E-state index contributed by atoms with van der Waals surface area (Å²) in [6.45, 7) is 0.407. The third kappa shape index (κ3) is 1.51. The lowest BCUT2D eigenvalue weighted by atomic mass is 9.94. The lowest BCUT2D eigenvalue weighted by Crippen LogP contribution is -2.38. The number of amidine groups is 1. The molecule has 25 heavy (non-hydrogen) atoms. The van der Waals surface area contributed by atoms with Gasteiger partial charge < -0.3 is 15.2 Å². The molecule has 2 fully saturated rings. The Morgan fingerprint density at radius 3 is 2.60 bits per heavy atom. The van der Waals surface area contributed by atoms with Crippen LogP contribution < -0.4 is 5.73 Å². The van der Waals surface area contributed by atoms with Crippen molar-refractivity contribution in [2.45, 2.75) is 11.8 Å². The van der Waals surface area contributed by atoms with E-state index in [1.165, 1.54) is 18.2 Å². The smallest absolute Gasteiger partial charge is 0.293 e. The molecule has 0 aromatic heterocycles. The van der Waals surface area contributed by atoms with E-state index in [9.17, 15) is 20.6 Å². The number of halogens is 1. The van der Waals surface area contributed by atoms with Crippen LogP contribution in [-0.2, 0) is 9.47 Å². The first-order chi connectivity index (χ1) is 11.9. The van der Waals surface area contributed by atoms with Crippen molar-refractivity contribution in [1.29, 1.82) is 10.5 Å². The maximum Gasteiger partial charge on any atom is 0.293 e. The Bertz CT molecular complexity index is 929. The molecular formula is C15H10ClN5O4. The fraction of sp³-hybridized carbons (Fsp3) is 0.400. The van der Waals surface area contributed by atoms with Gasteiger partial charge in [-0.2, -0.15) is 10.5 Å². The molecule has 0 bridgehead atoms. The van der Waals surface area contributed by atoms with Crippen LogP contribution in [0.4, 0.5) is 5.69 Å². The second kappa shape index (κ2) is 4.67. The summed E-state index contributed by atoms with van der Waals surface area (Å²) in [6, 6.07) is 8.33. The zero-order valence-electron chi connectivity index (χ0n) is 12.6. The first kappa shape index (κ1) is 15.8. The molecule has 2 heterocycles. The van der Waals surface area contributed by atoms with Crippen LogP contribution in [0.1, 0.15) is 11.5 Å². The summed E-state index contributed by atoms with van der Waals surface area (Å²) < 4.78 is 11.2. The summed E-state index contributed by atoms with van der Waals surface area (Å²) in [4.78, 5) is 14.7. The minimum Gasteiger partial charge on any atom is -0.386 e. The Morgan fingerprint density at radius 2 is 2.04 bits per heavy atom. The quantitative estimate of drug-likeness (QED) is 0.620. The van der Waals surface area contributed by atoms with Gasteiger partial charge in [-0.1, -0.05) is 17.7 Å². The maximum absolute atomic E-state index is 11.2. The van der Waals surface area contributed by atoms with Gasteiger partial charge in [0.2, 0.25) is 0 Å². The van der Waals surface area contributed by atoms with E-state index in [1.807, 2.05) is 0 Å². The topological polar surface area (TPSA) is 148 Å². The minimum atomic E-state index is -1.67. The molecule has 1 aromatic carbocycles. The summed E-state index contributed by atoms with van der Waals surface area (Å²) in [5, 5.41) is 30.9. The van der Waals surface area contributed by atoms with Gasteiger partial charge in [0, 0.05) is 12.0 Å². The molecule has 1 spiro atoms. The second-order valence-electron chi connectivity index (χ2n) is 6.02. The van der Waals surface area contributed by atoms with E-state index in [0.29, 0.717) is 5.56 Å². The Hall–Kier alpha value is -2.72. The number of nitriles is 2. The van der Waals surface area contributed by atoms with Crippen LogP contribution in [0.3, 0.4) is 0 Å². The highest BCUT2D eigenvalue weighted by Crippen LogP contribution is 2.82. The van der Waals surface area contributed by atoms with Gasteiger partial charge in [-0.3, -0.25) is 10.1 Å². The number of hydrogen-bond acceptors (Lipinski definition) is 8. The van der Waals surface area contributed by atoms with Crippen LogP contribution >= 0.6 is 11.6 Å². The summed E-state index contributed by atoms with van der Waals surface area (Å²) in [6.07, 6.45) is 0. The highest BCUT2D eigenvalue weighted by Gasteiger charge is 2.94. The van der Waals surface area contributed by atoms with Crippen LogP contribution in [0.2, 0.25) is 5.02 Å². The highest BCUT2D eigenvalue weighted by molar-refractivity contribution is 6.32. The van der Waals surface area contributed by atoms with Crippen LogP contribution in [0.5, 0.6) is 0 Å². The fourth-order valence-corrected chi connectivity index (χ4v) is 4.25. The number of rotatable bonds is 2. The van der Waals surface area contributed by atoms with E-state index in [0.717, 1.165) is 0 Å². The zero-order chi connectivity index (χ0) is 18.0. The van der Waals surface area contributed by atoms with E-state index in [4.69, 9.17) is 26.8 Å². The number of ether oxygens (including phenoxy) is 2. The average Bonchev–Trinajstić information content (AvgIpc) is 2.83. The summed E-state index contributed by atoms with van der Waals surface area (Å²) in [5.74, 6) is -2.51. The van der Waals surface area contributed by atoms with Crippen LogP contribution in [-0.4, -0.2) is 29.9 Å². The molecule has 3 aliphatic rings. The predicted octanol–water partition coefficient (Wildman–Crippen LogP) is 1.44. The van der Waals surface area contributed by atoms with Gasteiger partial charge >= 0.3 is 0 Å². The van der Waals surface area contributed by atoms with E-state index >= 15 is 0 Å². The van der Waals surface area contributed by atoms with Crippen molar-refractivity contribution in [2.24, 2.45) is 21.6 Å². The van der Waals surface area contributed by atoms with Crippen molar-refractivity contribution in [2.75, 3.05) is 13.2 Å². The van der Waals surface area contributed by atoms with Gasteiger partial charge in [-0.25, -0.2) is 4.99 Å². The summed E-state index contributed by atoms with van der Waals surface area (Å²) in [5.41, 5.74) is 3.09. The van der Waals surface area contributed by atoms with Gasteiger partial charge in [0.05, 0.1) is 30.3 Å². The Balaban J connectivity index is 1.92. The Morgan fingerprint density at radius 1 is 1.36 bits per heavy atom. The fourth-order valence-electron chi connectivity index (χ4n) is 4.07. The van der Waals surface area contributed by atoms with Crippen molar-refractivity contribution in [1.82, 2.24) is 0 Å². The zero-order valence-corrected chi connectivity index (χ0v) is 13.4. The number of aliphatic imine (C=N–C) groups is 1. The number of hydrogen-bond donors (Lipinski definition) is 1. The standard InChI is InChI=1S/C15H10ClN5O4/c16-9-2-1-8(5-10(9)21(22)23)11-13(6-17)12(19)20-15(14(11,13)7-18)24-3-4-25-15/h1-2,5,11H,3-4H2,(H2,19,20)/t11-,13+,14+/m0/s1. The SMILES string of the molecule is N#C[C@@]12C(N)=NC3(OCCO3)[C@]1(C#N)[C@H]2c1ccc(Cl)c([N+](=O)[O-])c1.